The van der Waals surface area contributed by atoms with Crippen LogP contribution in [-0.4, -0.2) is 24.7 Å². The summed E-state index contributed by atoms with van der Waals surface area (Å²) in [4.78, 5) is 25.0. The predicted octanol–water partition coefficient (Wildman–Crippen LogP) is 4.93. The number of ether oxygens (including phenoxy) is 1. The number of allylic oxidation sites excluding steroid dienone is 1. The van der Waals surface area contributed by atoms with E-state index in [0.717, 1.165) is 40.6 Å². The summed E-state index contributed by atoms with van der Waals surface area (Å²) in [5.41, 5.74) is 4.02. The van der Waals surface area contributed by atoms with Crippen LogP contribution in [0.4, 0.5) is 5.69 Å². The minimum Gasteiger partial charge on any atom is -0.495 e. The summed E-state index contributed by atoms with van der Waals surface area (Å²) < 4.78 is 5.18. The number of carbonyl (C=O) groups excluding carboxylic acids is 2. The molecule has 0 saturated carbocycles. The first-order valence-corrected chi connectivity index (χ1v) is 11.5. The zero-order valence-electron chi connectivity index (χ0n) is 18.1. The lowest BCUT2D eigenvalue weighted by atomic mass is 9.87. The highest BCUT2D eigenvalue weighted by atomic mass is 35.5. The van der Waals surface area contributed by atoms with Gasteiger partial charge in [-0.1, -0.05) is 54.6 Å². The second-order valence-corrected chi connectivity index (χ2v) is 8.75. The Balaban J connectivity index is 1.80. The van der Waals surface area contributed by atoms with E-state index in [9.17, 15) is 14.9 Å². The Morgan fingerprint density at radius 1 is 1.38 bits per heavy atom. The average Bonchev–Trinajstić information content (AvgIpc) is 2.78. The first-order chi connectivity index (χ1) is 15.4. The Morgan fingerprint density at radius 2 is 2.16 bits per heavy atom. The first kappa shape index (κ1) is 23.7. The van der Waals surface area contributed by atoms with Gasteiger partial charge in [-0.2, -0.15) is 5.26 Å². The normalized spacial score (nSPS) is 15.7. The number of nitrogens with zero attached hydrogens (tertiary/aromatic N) is 1. The lowest BCUT2D eigenvalue weighted by Crippen LogP contribution is -2.31. The second-order valence-electron chi connectivity index (χ2n) is 7.35. The van der Waals surface area contributed by atoms with Crippen molar-refractivity contribution in [2.45, 2.75) is 32.6 Å². The van der Waals surface area contributed by atoms with Crippen molar-refractivity contribution in [1.82, 2.24) is 5.32 Å². The van der Waals surface area contributed by atoms with E-state index in [1.54, 1.807) is 18.2 Å². The van der Waals surface area contributed by atoms with Crippen molar-refractivity contribution >= 4 is 40.9 Å². The molecule has 2 aromatic carbocycles. The molecule has 0 aromatic heterocycles. The molecule has 0 aliphatic carbocycles. The summed E-state index contributed by atoms with van der Waals surface area (Å²) >= 11 is 7.39. The van der Waals surface area contributed by atoms with Gasteiger partial charge in [0.15, 0.2) is 0 Å². The summed E-state index contributed by atoms with van der Waals surface area (Å²) in [7, 11) is 1.52. The van der Waals surface area contributed by atoms with Gasteiger partial charge in [-0.25, -0.2) is 0 Å². The number of nitriles is 1. The highest BCUT2D eigenvalue weighted by Gasteiger charge is 2.30. The van der Waals surface area contributed by atoms with Crippen molar-refractivity contribution in [3.8, 4) is 11.8 Å². The molecule has 0 radical (unpaired) electrons. The monoisotopic (exact) mass is 469 g/mol. The molecule has 0 spiro atoms. The topological polar surface area (TPSA) is 91.2 Å². The lowest BCUT2D eigenvalue weighted by Gasteiger charge is -2.25. The molecule has 8 heteroatoms. The van der Waals surface area contributed by atoms with E-state index in [1.807, 2.05) is 32.0 Å². The van der Waals surface area contributed by atoms with Crippen LogP contribution in [-0.2, 0) is 16.0 Å². The maximum Gasteiger partial charge on any atom is 0.234 e. The van der Waals surface area contributed by atoms with Gasteiger partial charge in [0.2, 0.25) is 11.8 Å². The SMILES string of the molecule is CCc1cccc(C)c1NC(=O)CSC1=C(C#N)[C@@H](c2ccc(OC)c(Cl)c2)CC(=O)N1. The van der Waals surface area contributed by atoms with Crippen molar-refractivity contribution in [3.05, 3.63) is 68.7 Å². The summed E-state index contributed by atoms with van der Waals surface area (Å²) in [5.74, 6) is -0.268. The number of amides is 2. The third-order valence-corrected chi connectivity index (χ3v) is 6.60. The van der Waals surface area contributed by atoms with Gasteiger partial charge >= 0.3 is 0 Å². The van der Waals surface area contributed by atoms with E-state index in [2.05, 4.69) is 16.7 Å². The fourth-order valence-corrected chi connectivity index (χ4v) is 4.78. The summed E-state index contributed by atoms with van der Waals surface area (Å²) in [6, 6.07) is 13.3. The van der Waals surface area contributed by atoms with Crippen LogP contribution in [0.2, 0.25) is 5.02 Å². The van der Waals surface area contributed by atoms with Gasteiger partial charge in [-0.3, -0.25) is 9.59 Å². The quantitative estimate of drug-likeness (QED) is 0.599. The molecule has 2 N–H and O–H groups in total. The van der Waals surface area contributed by atoms with Crippen LogP contribution in [0.15, 0.2) is 47.0 Å². The van der Waals surface area contributed by atoms with Crippen LogP contribution in [0.1, 0.15) is 36.0 Å². The van der Waals surface area contributed by atoms with Crippen molar-refractivity contribution in [2.24, 2.45) is 0 Å². The van der Waals surface area contributed by atoms with Crippen molar-refractivity contribution in [3.63, 3.8) is 0 Å². The van der Waals surface area contributed by atoms with Gasteiger partial charge in [-0.05, 0) is 42.2 Å². The molecular weight excluding hydrogens is 446 g/mol. The Bertz CT molecular complexity index is 1120. The molecule has 0 saturated heterocycles. The third-order valence-electron chi connectivity index (χ3n) is 5.29. The van der Waals surface area contributed by atoms with Gasteiger partial charge in [0.25, 0.3) is 0 Å². The first-order valence-electron chi connectivity index (χ1n) is 10.2. The van der Waals surface area contributed by atoms with E-state index in [1.165, 1.54) is 7.11 Å². The highest BCUT2D eigenvalue weighted by Crippen LogP contribution is 2.38. The van der Waals surface area contributed by atoms with E-state index in [-0.39, 0.29) is 24.0 Å². The zero-order chi connectivity index (χ0) is 23.3. The molecule has 166 valence electrons. The molecule has 2 aromatic rings. The largest absolute Gasteiger partial charge is 0.495 e. The molecule has 2 amide bonds. The molecule has 0 bridgehead atoms. The third kappa shape index (κ3) is 5.26. The fraction of sp³-hybridized carbons (Fsp3) is 0.292. The summed E-state index contributed by atoms with van der Waals surface area (Å²) in [5, 5.41) is 16.4. The van der Waals surface area contributed by atoms with Crippen LogP contribution < -0.4 is 15.4 Å². The second kappa shape index (κ2) is 10.6. The molecule has 6 nitrogen and oxygen atoms in total. The molecule has 1 heterocycles. The number of anilines is 1. The Labute approximate surface area is 197 Å². The van der Waals surface area contributed by atoms with Crippen molar-refractivity contribution < 1.29 is 14.3 Å². The number of thioether (sulfide) groups is 1. The highest BCUT2D eigenvalue weighted by molar-refractivity contribution is 8.03. The average molecular weight is 470 g/mol. The van der Waals surface area contributed by atoms with Crippen LogP contribution in [0.5, 0.6) is 5.75 Å². The van der Waals surface area contributed by atoms with Crippen molar-refractivity contribution in [1.29, 1.82) is 5.26 Å². The molecule has 3 rings (SSSR count). The number of carbonyl (C=O) groups is 2. The van der Waals surface area contributed by atoms with Gasteiger partial charge in [0.05, 0.1) is 34.6 Å². The Morgan fingerprint density at radius 3 is 2.81 bits per heavy atom. The molecule has 1 aliphatic heterocycles. The van der Waals surface area contributed by atoms with Gasteiger partial charge in [-0.15, -0.1) is 0 Å². The summed E-state index contributed by atoms with van der Waals surface area (Å²) in [6.07, 6.45) is 0.932. The number of nitrogens with one attached hydrogen (secondary N) is 2. The molecular formula is C24H24ClN3O3S. The van der Waals surface area contributed by atoms with Crippen molar-refractivity contribution in [2.75, 3.05) is 18.2 Å². The van der Waals surface area contributed by atoms with Crippen LogP contribution in [0.25, 0.3) is 0 Å². The minimum absolute atomic E-state index is 0.0639. The number of halogens is 1. The smallest absolute Gasteiger partial charge is 0.234 e. The number of aryl methyl sites for hydroxylation is 2. The zero-order valence-corrected chi connectivity index (χ0v) is 19.7. The molecule has 1 atom stereocenters. The minimum atomic E-state index is -0.439. The number of para-hydroxylation sites is 1. The maximum absolute atomic E-state index is 12.6. The predicted molar refractivity (Wildman–Crippen MR) is 128 cm³/mol. The lowest BCUT2D eigenvalue weighted by molar-refractivity contribution is -0.121. The number of hydrogen-bond acceptors (Lipinski definition) is 5. The van der Waals surface area contributed by atoms with Crippen LogP contribution in [0, 0.1) is 18.3 Å². The Hall–Kier alpha value is -2.95. The number of rotatable bonds is 7. The summed E-state index contributed by atoms with van der Waals surface area (Å²) in [6.45, 7) is 3.98. The molecule has 0 unspecified atom stereocenters. The van der Waals surface area contributed by atoms with Gasteiger partial charge in [0, 0.05) is 18.0 Å². The molecule has 1 aliphatic rings. The van der Waals surface area contributed by atoms with Crippen LogP contribution in [0.3, 0.4) is 0 Å². The van der Waals surface area contributed by atoms with E-state index in [0.29, 0.717) is 21.4 Å². The number of benzene rings is 2. The number of methoxy groups -OCH3 is 1. The molecule has 32 heavy (non-hydrogen) atoms. The number of hydrogen-bond donors (Lipinski definition) is 2. The van der Waals surface area contributed by atoms with Gasteiger partial charge < -0.3 is 15.4 Å². The van der Waals surface area contributed by atoms with E-state index < -0.39 is 5.92 Å². The standard InChI is InChI=1S/C24H24ClN3O3S/c1-4-15-7-5-6-14(2)23(15)27-22(30)13-32-24-18(12-26)17(11-21(29)28-24)16-8-9-20(31-3)19(25)10-16/h5-10,17H,4,11,13H2,1-3H3,(H,27,30)(H,28,29)/t17-/m1/s1. The van der Waals surface area contributed by atoms with E-state index in [4.69, 9.17) is 16.3 Å². The maximum atomic E-state index is 12.6. The fourth-order valence-electron chi connectivity index (χ4n) is 3.63. The van der Waals surface area contributed by atoms with E-state index >= 15 is 0 Å². The van der Waals surface area contributed by atoms with Crippen LogP contribution >= 0.6 is 23.4 Å². The van der Waals surface area contributed by atoms with Gasteiger partial charge in [0.1, 0.15) is 5.75 Å². The molecule has 0 fully saturated rings. The Kier molecular flexibility index (Phi) is 7.84.